The fourth-order valence-electron chi connectivity index (χ4n) is 6.01. The van der Waals surface area contributed by atoms with Gasteiger partial charge in [-0.2, -0.15) is 0 Å². The van der Waals surface area contributed by atoms with Crippen LogP contribution < -0.4 is 5.73 Å². The van der Waals surface area contributed by atoms with Gasteiger partial charge in [0.2, 0.25) is 0 Å². The number of hydrogen-bond donors (Lipinski definition) is 1. The zero-order chi connectivity index (χ0) is 14.0. The molecule has 0 aliphatic heterocycles. The lowest BCUT2D eigenvalue weighted by Crippen LogP contribution is -2.59. The predicted molar refractivity (Wildman–Crippen MR) is 83.9 cm³/mol. The molecule has 0 saturated heterocycles. The maximum atomic E-state index is 6.43. The fourth-order valence-corrected chi connectivity index (χ4v) is 6.13. The van der Waals surface area contributed by atoms with Crippen LogP contribution >= 0.6 is 11.6 Å². The van der Waals surface area contributed by atoms with Gasteiger partial charge < -0.3 is 5.73 Å². The minimum absolute atomic E-state index is 0.333. The van der Waals surface area contributed by atoms with E-state index in [1.165, 1.54) is 44.1 Å². The molecule has 0 aromatic heterocycles. The molecule has 3 unspecified atom stereocenters. The summed E-state index contributed by atoms with van der Waals surface area (Å²) in [4.78, 5) is 0. The number of hydrogen-bond acceptors (Lipinski definition) is 1. The highest BCUT2D eigenvalue weighted by Crippen LogP contribution is 2.66. The lowest BCUT2D eigenvalue weighted by atomic mass is 9.41. The molecule has 4 aliphatic carbocycles. The van der Waals surface area contributed by atoms with Gasteiger partial charge in [0.25, 0.3) is 0 Å². The third-order valence-electron chi connectivity index (χ3n) is 6.53. The zero-order valence-corrected chi connectivity index (χ0v) is 13.0. The van der Waals surface area contributed by atoms with E-state index in [-0.39, 0.29) is 0 Å². The van der Waals surface area contributed by atoms with Crippen molar-refractivity contribution in [2.45, 2.75) is 56.9 Å². The Balaban J connectivity index is 1.77. The minimum Gasteiger partial charge on any atom is -0.327 e. The molecule has 0 heterocycles. The third-order valence-corrected chi connectivity index (χ3v) is 6.78. The van der Waals surface area contributed by atoms with Gasteiger partial charge in [-0.15, -0.1) is 0 Å². The summed E-state index contributed by atoms with van der Waals surface area (Å²) in [5.74, 6) is 1.80. The van der Waals surface area contributed by atoms with Gasteiger partial charge in [0.05, 0.1) is 0 Å². The lowest BCUT2D eigenvalue weighted by molar-refractivity contribution is -0.0821. The van der Waals surface area contributed by atoms with Crippen molar-refractivity contribution in [1.29, 1.82) is 0 Å². The van der Waals surface area contributed by atoms with E-state index in [1.807, 2.05) is 0 Å². The van der Waals surface area contributed by atoms with Crippen LogP contribution in [-0.2, 0) is 5.41 Å². The second-order valence-electron chi connectivity index (χ2n) is 7.90. The summed E-state index contributed by atoms with van der Waals surface area (Å²) in [5, 5.41) is 0.848. The Hall–Kier alpha value is -0.530. The summed E-state index contributed by atoms with van der Waals surface area (Å²) in [6.07, 6.45) is 8.24. The van der Waals surface area contributed by atoms with Crippen LogP contribution in [0.15, 0.2) is 24.3 Å². The molecule has 1 aromatic rings. The molecule has 4 bridgehead atoms. The molecule has 4 fully saturated rings. The van der Waals surface area contributed by atoms with Crippen molar-refractivity contribution < 1.29 is 0 Å². The quantitative estimate of drug-likeness (QED) is 0.851. The summed E-state index contributed by atoms with van der Waals surface area (Å²) < 4.78 is 0. The van der Waals surface area contributed by atoms with Crippen LogP contribution in [0.1, 0.15) is 51.0 Å². The molecule has 1 nitrogen and oxygen atoms in total. The van der Waals surface area contributed by atoms with E-state index >= 15 is 0 Å². The SMILES string of the molecule is CC(N)C12C[C@@H]3C[C@@H](CC(c4ccc(Cl)cc4)(C3)C1)C2. The van der Waals surface area contributed by atoms with Crippen molar-refractivity contribution in [3.63, 3.8) is 0 Å². The molecule has 2 N–H and O–H groups in total. The average molecular weight is 290 g/mol. The summed E-state index contributed by atoms with van der Waals surface area (Å²) in [7, 11) is 0. The summed E-state index contributed by atoms with van der Waals surface area (Å²) in [5.41, 5.74) is 8.74. The van der Waals surface area contributed by atoms with Crippen molar-refractivity contribution in [2.75, 3.05) is 0 Å². The van der Waals surface area contributed by atoms with Crippen LogP contribution in [-0.4, -0.2) is 6.04 Å². The van der Waals surface area contributed by atoms with Gasteiger partial charge in [-0.3, -0.25) is 0 Å². The Morgan fingerprint density at radius 2 is 1.70 bits per heavy atom. The van der Waals surface area contributed by atoms with Gasteiger partial charge in [0.1, 0.15) is 0 Å². The lowest BCUT2D eigenvalue weighted by Gasteiger charge is -2.63. The van der Waals surface area contributed by atoms with Crippen molar-refractivity contribution in [2.24, 2.45) is 23.0 Å². The van der Waals surface area contributed by atoms with E-state index < -0.39 is 0 Å². The Morgan fingerprint density at radius 3 is 2.25 bits per heavy atom. The van der Waals surface area contributed by atoms with Crippen LogP contribution in [0.2, 0.25) is 5.02 Å². The zero-order valence-electron chi connectivity index (χ0n) is 12.2. The Kier molecular flexibility index (Phi) is 2.79. The van der Waals surface area contributed by atoms with Crippen LogP contribution in [0.5, 0.6) is 0 Å². The highest BCUT2D eigenvalue weighted by molar-refractivity contribution is 6.30. The molecule has 108 valence electrons. The van der Waals surface area contributed by atoms with Crippen molar-refractivity contribution >= 4 is 11.6 Å². The van der Waals surface area contributed by atoms with Crippen LogP contribution in [0.4, 0.5) is 0 Å². The fraction of sp³-hybridized carbons (Fsp3) is 0.667. The average Bonchev–Trinajstić information content (AvgIpc) is 2.37. The van der Waals surface area contributed by atoms with E-state index in [1.54, 1.807) is 0 Å². The molecule has 4 aliphatic rings. The van der Waals surface area contributed by atoms with Gasteiger partial charge in [-0.1, -0.05) is 23.7 Å². The molecule has 0 amide bonds. The van der Waals surface area contributed by atoms with Gasteiger partial charge in [0, 0.05) is 11.1 Å². The number of nitrogens with two attached hydrogens (primary N) is 1. The molecule has 20 heavy (non-hydrogen) atoms. The Bertz CT molecular complexity index is 505. The second-order valence-corrected chi connectivity index (χ2v) is 8.34. The minimum atomic E-state index is 0.333. The highest BCUT2D eigenvalue weighted by Gasteiger charge is 2.59. The topological polar surface area (TPSA) is 26.0 Å². The normalized spacial score (nSPS) is 43.8. The molecule has 1 aromatic carbocycles. The molecule has 0 radical (unpaired) electrons. The van der Waals surface area contributed by atoms with Gasteiger partial charge >= 0.3 is 0 Å². The number of benzene rings is 1. The first-order valence-electron chi connectivity index (χ1n) is 8.03. The summed E-state index contributed by atoms with van der Waals surface area (Å²) in [6.45, 7) is 2.24. The standard InChI is InChI=1S/C18H24ClN/c1-12(20)17-7-13-6-14(8-17)10-18(9-13,11-17)15-2-4-16(19)5-3-15/h2-5,12-14H,6-11,20H2,1H3/t12?,13-,14+,17?,18?. The van der Waals surface area contributed by atoms with Crippen molar-refractivity contribution in [1.82, 2.24) is 0 Å². The Morgan fingerprint density at radius 1 is 1.10 bits per heavy atom. The van der Waals surface area contributed by atoms with E-state index in [4.69, 9.17) is 17.3 Å². The maximum absolute atomic E-state index is 6.43. The largest absolute Gasteiger partial charge is 0.327 e. The third kappa shape index (κ3) is 1.79. The number of halogens is 1. The first kappa shape index (κ1) is 13.2. The first-order valence-corrected chi connectivity index (χ1v) is 8.41. The molecule has 5 rings (SSSR count). The Labute approximate surface area is 126 Å². The van der Waals surface area contributed by atoms with Crippen LogP contribution in [0.3, 0.4) is 0 Å². The number of rotatable bonds is 2. The van der Waals surface area contributed by atoms with E-state index in [2.05, 4.69) is 31.2 Å². The first-order chi connectivity index (χ1) is 9.51. The van der Waals surface area contributed by atoms with Crippen molar-refractivity contribution in [3.8, 4) is 0 Å². The van der Waals surface area contributed by atoms with Crippen LogP contribution in [0, 0.1) is 17.3 Å². The molecule has 0 spiro atoms. The molecular formula is C18H24ClN. The molecule has 5 atom stereocenters. The second kappa shape index (κ2) is 4.24. The summed E-state index contributed by atoms with van der Waals surface area (Å²) >= 11 is 6.08. The van der Waals surface area contributed by atoms with Gasteiger partial charge in [0.15, 0.2) is 0 Å². The van der Waals surface area contributed by atoms with Crippen molar-refractivity contribution in [3.05, 3.63) is 34.9 Å². The van der Waals surface area contributed by atoms with E-state index in [0.717, 1.165) is 16.9 Å². The molecular weight excluding hydrogens is 266 g/mol. The summed E-state index contributed by atoms with van der Waals surface area (Å²) in [6, 6.07) is 9.00. The maximum Gasteiger partial charge on any atom is 0.0406 e. The van der Waals surface area contributed by atoms with Crippen LogP contribution in [0.25, 0.3) is 0 Å². The molecule has 4 saturated carbocycles. The monoisotopic (exact) mass is 289 g/mol. The van der Waals surface area contributed by atoms with Gasteiger partial charge in [-0.05, 0) is 85.8 Å². The smallest absolute Gasteiger partial charge is 0.0406 e. The molecule has 2 heteroatoms. The van der Waals surface area contributed by atoms with E-state index in [9.17, 15) is 0 Å². The highest BCUT2D eigenvalue weighted by atomic mass is 35.5. The predicted octanol–water partition coefficient (Wildman–Crippen LogP) is 4.53. The van der Waals surface area contributed by atoms with E-state index in [0.29, 0.717) is 16.9 Å². The van der Waals surface area contributed by atoms with Gasteiger partial charge in [-0.25, -0.2) is 0 Å².